The van der Waals surface area contributed by atoms with Gasteiger partial charge in [-0.15, -0.1) is 0 Å². The predicted molar refractivity (Wildman–Crippen MR) is 126 cm³/mol. The van der Waals surface area contributed by atoms with Crippen molar-refractivity contribution in [2.45, 2.75) is 18.9 Å². The lowest BCUT2D eigenvalue weighted by Crippen LogP contribution is -2.29. The molecule has 0 radical (unpaired) electrons. The van der Waals surface area contributed by atoms with Crippen molar-refractivity contribution < 1.29 is 18.7 Å². The van der Waals surface area contributed by atoms with Gasteiger partial charge in [-0.05, 0) is 35.4 Å². The molecule has 1 heterocycles. The van der Waals surface area contributed by atoms with Crippen LogP contribution in [0.1, 0.15) is 29.5 Å². The standard InChI is InChI=1S/C27H26N2O4/c1-31-22-12-8-20(9-13-22)27(21-10-14-23(32-2)15-11-21)29-25(30)16-17-26-28-18-24(33-26)19-6-4-3-5-7-19/h3-15,18,27H,16-17H2,1-2H3,(H,29,30). The molecule has 0 saturated heterocycles. The Kier molecular flexibility index (Phi) is 7.05. The van der Waals surface area contributed by atoms with Crippen molar-refractivity contribution in [3.05, 3.63) is 102 Å². The van der Waals surface area contributed by atoms with Crippen molar-refractivity contribution in [3.63, 3.8) is 0 Å². The number of methoxy groups -OCH3 is 2. The number of nitrogens with one attached hydrogen (secondary N) is 1. The fourth-order valence-corrected chi connectivity index (χ4v) is 3.57. The van der Waals surface area contributed by atoms with E-state index in [0.29, 0.717) is 18.1 Å². The number of hydrogen-bond donors (Lipinski definition) is 1. The van der Waals surface area contributed by atoms with Gasteiger partial charge in [0.25, 0.3) is 0 Å². The van der Waals surface area contributed by atoms with E-state index in [4.69, 9.17) is 13.9 Å². The number of nitrogens with zero attached hydrogens (tertiary/aromatic N) is 1. The molecule has 0 aliphatic heterocycles. The maximum absolute atomic E-state index is 12.9. The van der Waals surface area contributed by atoms with Crippen LogP contribution in [0.2, 0.25) is 0 Å². The van der Waals surface area contributed by atoms with E-state index >= 15 is 0 Å². The summed E-state index contributed by atoms with van der Waals surface area (Å²) in [6.07, 6.45) is 2.37. The summed E-state index contributed by atoms with van der Waals surface area (Å²) in [4.78, 5) is 17.2. The second kappa shape index (κ2) is 10.5. The molecule has 1 amide bonds. The van der Waals surface area contributed by atoms with Gasteiger partial charge < -0.3 is 19.2 Å². The van der Waals surface area contributed by atoms with Crippen molar-refractivity contribution in [2.75, 3.05) is 14.2 Å². The molecule has 1 N–H and O–H groups in total. The molecule has 3 aromatic carbocycles. The van der Waals surface area contributed by atoms with Crippen LogP contribution in [-0.4, -0.2) is 25.1 Å². The number of oxazole rings is 1. The first kappa shape index (κ1) is 22.1. The molecule has 0 aliphatic rings. The molecule has 33 heavy (non-hydrogen) atoms. The Bertz CT molecular complexity index is 1120. The van der Waals surface area contributed by atoms with E-state index in [9.17, 15) is 4.79 Å². The van der Waals surface area contributed by atoms with Gasteiger partial charge in [0, 0.05) is 18.4 Å². The Hall–Kier alpha value is -4.06. The third-order valence-corrected chi connectivity index (χ3v) is 5.38. The Morgan fingerprint density at radius 1 is 0.879 bits per heavy atom. The molecule has 1 aromatic heterocycles. The summed E-state index contributed by atoms with van der Waals surface area (Å²) in [7, 11) is 3.26. The minimum Gasteiger partial charge on any atom is -0.497 e. The molecule has 6 nitrogen and oxygen atoms in total. The highest BCUT2D eigenvalue weighted by Gasteiger charge is 2.18. The minimum atomic E-state index is -0.307. The predicted octanol–water partition coefficient (Wildman–Crippen LogP) is 5.20. The third-order valence-electron chi connectivity index (χ3n) is 5.38. The largest absolute Gasteiger partial charge is 0.497 e. The van der Waals surface area contributed by atoms with Crippen molar-refractivity contribution in [1.82, 2.24) is 10.3 Å². The fourth-order valence-electron chi connectivity index (χ4n) is 3.57. The molecule has 0 atom stereocenters. The summed E-state index contributed by atoms with van der Waals surface area (Å²) in [5, 5.41) is 3.14. The lowest BCUT2D eigenvalue weighted by Gasteiger charge is -2.20. The van der Waals surface area contributed by atoms with Gasteiger partial charge in [0.2, 0.25) is 5.91 Å². The first-order valence-electron chi connectivity index (χ1n) is 10.7. The van der Waals surface area contributed by atoms with Crippen LogP contribution in [0.5, 0.6) is 11.5 Å². The van der Waals surface area contributed by atoms with Gasteiger partial charge in [-0.2, -0.15) is 0 Å². The zero-order valence-corrected chi connectivity index (χ0v) is 18.7. The molecule has 0 saturated carbocycles. The molecule has 4 rings (SSSR count). The topological polar surface area (TPSA) is 73.6 Å². The summed E-state index contributed by atoms with van der Waals surface area (Å²) >= 11 is 0. The average molecular weight is 443 g/mol. The molecule has 168 valence electrons. The van der Waals surface area contributed by atoms with Gasteiger partial charge in [0.15, 0.2) is 11.7 Å². The van der Waals surface area contributed by atoms with Crippen LogP contribution in [0.4, 0.5) is 0 Å². The lowest BCUT2D eigenvalue weighted by molar-refractivity contribution is -0.121. The van der Waals surface area contributed by atoms with Crippen LogP contribution in [-0.2, 0) is 11.2 Å². The van der Waals surface area contributed by atoms with Gasteiger partial charge in [-0.1, -0.05) is 54.6 Å². The number of benzene rings is 3. The van der Waals surface area contributed by atoms with Crippen LogP contribution in [0.3, 0.4) is 0 Å². The number of hydrogen-bond acceptors (Lipinski definition) is 5. The van der Waals surface area contributed by atoms with E-state index in [-0.39, 0.29) is 18.4 Å². The van der Waals surface area contributed by atoms with Crippen LogP contribution >= 0.6 is 0 Å². The van der Waals surface area contributed by atoms with Crippen LogP contribution in [0.15, 0.2) is 89.5 Å². The van der Waals surface area contributed by atoms with Crippen molar-refractivity contribution in [1.29, 1.82) is 0 Å². The van der Waals surface area contributed by atoms with Gasteiger partial charge in [0.05, 0.1) is 26.5 Å². The molecule has 4 aromatic rings. The summed E-state index contributed by atoms with van der Waals surface area (Å²) in [6.45, 7) is 0. The number of rotatable bonds is 9. The monoisotopic (exact) mass is 442 g/mol. The zero-order valence-electron chi connectivity index (χ0n) is 18.7. The number of ether oxygens (including phenoxy) is 2. The highest BCUT2D eigenvalue weighted by Crippen LogP contribution is 2.26. The molecule has 6 heteroatoms. The SMILES string of the molecule is COc1ccc(C(NC(=O)CCc2ncc(-c3ccccc3)o2)c2ccc(OC)cc2)cc1. The van der Waals surface area contributed by atoms with E-state index in [2.05, 4.69) is 10.3 Å². The van der Waals surface area contributed by atoms with Gasteiger partial charge in [-0.3, -0.25) is 4.79 Å². The maximum atomic E-state index is 12.9. The van der Waals surface area contributed by atoms with E-state index in [1.165, 1.54) is 0 Å². The van der Waals surface area contributed by atoms with Crippen molar-refractivity contribution in [3.8, 4) is 22.8 Å². The average Bonchev–Trinajstić information content (AvgIpc) is 3.36. The van der Waals surface area contributed by atoms with E-state index < -0.39 is 0 Å². The molecule has 0 unspecified atom stereocenters. The van der Waals surface area contributed by atoms with Gasteiger partial charge in [0.1, 0.15) is 11.5 Å². The minimum absolute atomic E-state index is 0.0916. The quantitative estimate of drug-likeness (QED) is 0.386. The number of carbonyl (C=O) groups excluding carboxylic acids is 1. The van der Waals surface area contributed by atoms with Crippen LogP contribution in [0, 0.1) is 0 Å². The highest BCUT2D eigenvalue weighted by atomic mass is 16.5. The van der Waals surface area contributed by atoms with E-state index in [1.807, 2.05) is 78.9 Å². The van der Waals surface area contributed by atoms with E-state index in [1.54, 1.807) is 20.4 Å². The maximum Gasteiger partial charge on any atom is 0.221 e. The Morgan fingerprint density at radius 2 is 1.45 bits per heavy atom. The molecular formula is C27H26N2O4. The first-order chi connectivity index (χ1) is 16.2. The smallest absolute Gasteiger partial charge is 0.221 e. The Labute approximate surface area is 193 Å². The third kappa shape index (κ3) is 5.60. The number of amides is 1. The normalized spacial score (nSPS) is 10.8. The molecule has 0 spiro atoms. The van der Waals surface area contributed by atoms with Gasteiger partial charge in [-0.25, -0.2) is 4.98 Å². The number of carbonyl (C=O) groups is 1. The second-order valence-electron chi connectivity index (χ2n) is 7.53. The fraction of sp³-hybridized carbons (Fsp3) is 0.185. The molecule has 0 bridgehead atoms. The second-order valence-corrected chi connectivity index (χ2v) is 7.53. The van der Waals surface area contributed by atoms with Crippen molar-refractivity contribution >= 4 is 5.91 Å². The zero-order chi connectivity index (χ0) is 23.0. The summed E-state index contributed by atoms with van der Waals surface area (Å²) in [6, 6.07) is 24.8. The molecule has 0 fully saturated rings. The van der Waals surface area contributed by atoms with Crippen LogP contribution < -0.4 is 14.8 Å². The summed E-state index contributed by atoms with van der Waals surface area (Å²) in [5.74, 6) is 2.66. The summed E-state index contributed by atoms with van der Waals surface area (Å²) in [5.41, 5.74) is 2.87. The van der Waals surface area contributed by atoms with E-state index in [0.717, 1.165) is 28.2 Å². The van der Waals surface area contributed by atoms with Crippen molar-refractivity contribution in [2.24, 2.45) is 0 Å². The highest BCUT2D eigenvalue weighted by molar-refractivity contribution is 5.77. The lowest BCUT2D eigenvalue weighted by atomic mass is 9.98. The number of aryl methyl sites for hydroxylation is 1. The molecular weight excluding hydrogens is 416 g/mol. The Balaban J connectivity index is 1.46. The first-order valence-corrected chi connectivity index (χ1v) is 10.7. The summed E-state index contributed by atoms with van der Waals surface area (Å²) < 4.78 is 16.4. The number of aromatic nitrogens is 1. The van der Waals surface area contributed by atoms with Crippen LogP contribution in [0.25, 0.3) is 11.3 Å². The molecule has 0 aliphatic carbocycles. The Morgan fingerprint density at radius 3 is 2.00 bits per heavy atom. The van der Waals surface area contributed by atoms with Gasteiger partial charge >= 0.3 is 0 Å².